The molecule has 2 N–H and O–H groups in total. The maximum absolute atomic E-state index is 11.9. The zero-order valence-corrected chi connectivity index (χ0v) is 7.38. The van der Waals surface area contributed by atoms with Crippen LogP contribution in [0.25, 0.3) is 0 Å². The van der Waals surface area contributed by atoms with Gasteiger partial charge in [-0.1, -0.05) is 0 Å². The highest BCUT2D eigenvalue weighted by atomic mass is 19.4. The van der Waals surface area contributed by atoms with Gasteiger partial charge in [-0.2, -0.15) is 5.26 Å². The molecule has 0 aromatic carbocycles. The summed E-state index contributed by atoms with van der Waals surface area (Å²) in [6, 6.07) is 2.53. The van der Waals surface area contributed by atoms with E-state index in [1.54, 1.807) is 6.07 Å². The number of aromatic nitrogens is 1. The lowest BCUT2D eigenvalue weighted by molar-refractivity contribution is -0.274. The van der Waals surface area contributed by atoms with Crippen LogP contribution in [0.4, 0.5) is 13.2 Å². The topological polar surface area (TPSA) is 71.9 Å². The molecule has 7 heteroatoms. The lowest BCUT2D eigenvalue weighted by Crippen LogP contribution is -2.18. The average molecular weight is 217 g/mol. The number of nitriles is 1. The van der Waals surface area contributed by atoms with Gasteiger partial charge in [0.1, 0.15) is 11.6 Å². The van der Waals surface area contributed by atoms with Crippen LogP contribution in [-0.4, -0.2) is 11.3 Å². The second-order valence-corrected chi connectivity index (χ2v) is 2.54. The van der Waals surface area contributed by atoms with Gasteiger partial charge in [0, 0.05) is 18.8 Å². The highest BCUT2D eigenvalue weighted by molar-refractivity contribution is 5.42. The van der Waals surface area contributed by atoms with Crippen molar-refractivity contribution in [3.8, 4) is 11.8 Å². The van der Waals surface area contributed by atoms with Crippen LogP contribution in [0.1, 0.15) is 11.3 Å². The normalized spacial score (nSPS) is 10.9. The Morgan fingerprint density at radius 1 is 1.53 bits per heavy atom. The summed E-state index contributed by atoms with van der Waals surface area (Å²) in [5.41, 5.74) is 5.12. The average Bonchev–Trinajstić information content (AvgIpc) is 2.15. The van der Waals surface area contributed by atoms with E-state index < -0.39 is 12.1 Å². The summed E-state index contributed by atoms with van der Waals surface area (Å²) >= 11 is 0. The minimum absolute atomic E-state index is 0.0279. The maximum atomic E-state index is 11.9. The third-order valence-electron chi connectivity index (χ3n) is 1.48. The largest absolute Gasteiger partial charge is 0.573 e. The molecular weight excluding hydrogens is 211 g/mol. The molecule has 4 nitrogen and oxygen atoms in total. The van der Waals surface area contributed by atoms with Gasteiger partial charge in [-0.15, -0.1) is 13.2 Å². The molecular formula is C8H6F3N3O. The number of ether oxygens (including phenoxy) is 1. The van der Waals surface area contributed by atoms with E-state index in [9.17, 15) is 13.2 Å². The lowest BCUT2D eigenvalue weighted by atomic mass is 10.2. The Morgan fingerprint density at radius 3 is 2.67 bits per heavy atom. The van der Waals surface area contributed by atoms with E-state index in [1.807, 2.05) is 0 Å². The van der Waals surface area contributed by atoms with E-state index in [-0.39, 0.29) is 17.8 Å². The summed E-state index contributed by atoms with van der Waals surface area (Å²) in [4.78, 5) is 3.66. The number of alkyl halides is 3. The molecule has 0 unspecified atom stereocenters. The number of hydrogen-bond donors (Lipinski definition) is 1. The highest BCUT2D eigenvalue weighted by Gasteiger charge is 2.32. The van der Waals surface area contributed by atoms with Crippen molar-refractivity contribution >= 4 is 0 Å². The third-order valence-corrected chi connectivity index (χ3v) is 1.48. The highest BCUT2D eigenvalue weighted by Crippen LogP contribution is 2.25. The van der Waals surface area contributed by atoms with Crippen LogP contribution in [0, 0.1) is 11.3 Å². The molecule has 1 aromatic heterocycles. The van der Waals surface area contributed by atoms with Gasteiger partial charge in [-0.05, 0) is 0 Å². The lowest BCUT2D eigenvalue weighted by Gasteiger charge is -2.10. The van der Waals surface area contributed by atoms with Crippen molar-refractivity contribution in [3.05, 3.63) is 23.5 Å². The monoisotopic (exact) mass is 217 g/mol. The van der Waals surface area contributed by atoms with Crippen molar-refractivity contribution in [1.82, 2.24) is 4.98 Å². The zero-order chi connectivity index (χ0) is 11.5. The summed E-state index contributed by atoms with van der Waals surface area (Å²) in [6.45, 7) is -0.0279. The number of halogens is 3. The van der Waals surface area contributed by atoms with E-state index in [0.29, 0.717) is 0 Å². The first-order valence-electron chi connectivity index (χ1n) is 3.81. The first-order chi connectivity index (χ1) is 6.96. The molecule has 80 valence electrons. The first-order valence-corrected chi connectivity index (χ1v) is 3.81. The molecule has 0 atom stereocenters. The summed E-state index contributed by atoms with van der Waals surface area (Å²) in [7, 11) is 0. The quantitative estimate of drug-likeness (QED) is 0.810. The molecule has 15 heavy (non-hydrogen) atoms. The second-order valence-electron chi connectivity index (χ2n) is 2.54. The van der Waals surface area contributed by atoms with E-state index in [1.165, 1.54) is 0 Å². The predicted molar refractivity (Wildman–Crippen MR) is 43.5 cm³/mol. The number of rotatable bonds is 2. The summed E-state index contributed by atoms with van der Waals surface area (Å²) < 4.78 is 39.4. The Morgan fingerprint density at radius 2 is 2.20 bits per heavy atom. The molecule has 1 aromatic rings. The van der Waals surface area contributed by atoms with Crippen molar-refractivity contribution < 1.29 is 17.9 Å². The molecule has 0 aliphatic heterocycles. The summed E-state index contributed by atoms with van der Waals surface area (Å²) in [5, 5.41) is 8.51. The van der Waals surface area contributed by atoms with E-state index in [0.717, 1.165) is 12.3 Å². The van der Waals surface area contributed by atoms with Crippen LogP contribution in [0.3, 0.4) is 0 Å². The SMILES string of the molecule is N#Cc1cnc(CN)cc1OC(F)(F)F. The van der Waals surface area contributed by atoms with E-state index in [4.69, 9.17) is 11.0 Å². The second kappa shape index (κ2) is 4.14. The standard InChI is InChI=1S/C8H6F3N3O/c9-8(10,11)15-7-1-6(3-13)14-4-5(7)2-12/h1,4H,3,13H2. The van der Waals surface area contributed by atoms with Gasteiger partial charge in [0.05, 0.1) is 5.69 Å². The molecule has 1 rings (SSSR count). The van der Waals surface area contributed by atoms with Crippen molar-refractivity contribution in [3.63, 3.8) is 0 Å². The Balaban J connectivity index is 3.08. The van der Waals surface area contributed by atoms with Crippen molar-refractivity contribution in [2.24, 2.45) is 5.73 Å². The van der Waals surface area contributed by atoms with Crippen LogP contribution in [0.5, 0.6) is 5.75 Å². The molecule has 0 bridgehead atoms. The Bertz CT molecular complexity index is 397. The van der Waals surface area contributed by atoms with E-state index in [2.05, 4.69) is 9.72 Å². The van der Waals surface area contributed by atoms with Gasteiger partial charge >= 0.3 is 6.36 Å². The van der Waals surface area contributed by atoms with Crippen LogP contribution in [-0.2, 0) is 6.54 Å². The smallest absolute Gasteiger partial charge is 0.404 e. The van der Waals surface area contributed by atoms with Crippen LogP contribution >= 0.6 is 0 Å². The van der Waals surface area contributed by atoms with Crippen molar-refractivity contribution in [2.75, 3.05) is 0 Å². The van der Waals surface area contributed by atoms with Crippen LogP contribution < -0.4 is 10.5 Å². The van der Waals surface area contributed by atoms with Crippen molar-refractivity contribution in [1.29, 1.82) is 5.26 Å². The number of nitrogens with zero attached hydrogens (tertiary/aromatic N) is 2. The Kier molecular flexibility index (Phi) is 3.11. The summed E-state index contributed by atoms with van der Waals surface area (Å²) in [6.07, 6.45) is -3.85. The number of nitrogens with two attached hydrogens (primary N) is 1. The van der Waals surface area contributed by atoms with Crippen LogP contribution in [0.15, 0.2) is 12.3 Å². The molecule has 0 aliphatic carbocycles. The van der Waals surface area contributed by atoms with Gasteiger partial charge in [0.15, 0.2) is 5.75 Å². The maximum Gasteiger partial charge on any atom is 0.573 e. The molecule has 0 fully saturated rings. The van der Waals surface area contributed by atoms with Gasteiger partial charge in [0.25, 0.3) is 0 Å². The van der Waals surface area contributed by atoms with Gasteiger partial charge < -0.3 is 10.5 Å². The molecule has 0 aliphatic rings. The molecule has 0 spiro atoms. The van der Waals surface area contributed by atoms with Crippen molar-refractivity contribution in [2.45, 2.75) is 12.9 Å². The fourth-order valence-corrected chi connectivity index (χ4v) is 0.882. The fourth-order valence-electron chi connectivity index (χ4n) is 0.882. The third kappa shape index (κ3) is 3.11. The predicted octanol–water partition coefficient (Wildman–Crippen LogP) is 1.31. The zero-order valence-electron chi connectivity index (χ0n) is 7.38. The van der Waals surface area contributed by atoms with Gasteiger partial charge in [-0.25, -0.2) is 0 Å². The van der Waals surface area contributed by atoms with Gasteiger partial charge in [0.2, 0.25) is 0 Å². The Hall–Kier alpha value is -1.81. The van der Waals surface area contributed by atoms with Crippen LogP contribution in [0.2, 0.25) is 0 Å². The summed E-state index contributed by atoms with van der Waals surface area (Å²) in [5.74, 6) is -0.583. The fraction of sp³-hybridized carbons (Fsp3) is 0.250. The molecule has 0 saturated carbocycles. The van der Waals surface area contributed by atoms with Gasteiger partial charge in [-0.3, -0.25) is 4.98 Å². The molecule has 0 saturated heterocycles. The Labute approximate surface area is 83.1 Å². The number of hydrogen-bond acceptors (Lipinski definition) is 4. The first kappa shape index (κ1) is 11.3. The molecule has 1 heterocycles. The molecule has 0 radical (unpaired) electrons. The molecule has 0 amide bonds. The minimum Gasteiger partial charge on any atom is -0.404 e. The van der Waals surface area contributed by atoms with E-state index >= 15 is 0 Å². The number of pyridine rings is 1. The minimum atomic E-state index is -4.83.